The fourth-order valence-corrected chi connectivity index (χ4v) is 18.0. The van der Waals surface area contributed by atoms with E-state index in [0.717, 1.165) is 40.5 Å². The van der Waals surface area contributed by atoms with E-state index < -0.39 is 25.3 Å². The molecule has 0 aromatic rings. The molecule has 4 aliphatic rings. The first-order valence-corrected chi connectivity index (χ1v) is 20.8. The topological polar surface area (TPSA) is 14.1 Å². The summed E-state index contributed by atoms with van der Waals surface area (Å²) in [6.07, 6.45) is 12.3. The van der Waals surface area contributed by atoms with Gasteiger partial charge in [-0.05, 0) is 60.9 Å². The van der Waals surface area contributed by atoms with Crippen LogP contribution in [-0.2, 0) is 17.0 Å². The van der Waals surface area contributed by atoms with E-state index >= 15 is 0 Å². The molecule has 6 heteroatoms. The van der Waals surface area contributed by atoms with Gasteiger partial charge in [0, 0.05) is 0 Å². The van der Waals surface area contributed by atoms with Gasteiger partial charge in [-0.3, -0.25) is 0 Å². The standard InChI is InChI=1S/C22H41NPSi.CH3.2ClH.Ti/c1-22(2,3)23-25(5,6)21-16-12-8-7-11-15(16)19-17-13-9-10-14-18(17)24(4)20(19)21;;;;/h15-21H,7-14H2,1-6H3;1H3;2*1H;/q2*-1;;;+2/p-2. The normalized spacial score (nSPS) is 41.2. The van der Waals surface area contributed by atoms with Crippen LogP contribution in [0.25, 0.3) is 4.98 Å². The van der Waals surface area contributed by atoms with Gasteiger partial charge in [0.05, 0.1) is 0 Å². The van der Waals surface area contributed by atoms with Crippen molar-refractivity contribution < 1.29 is 17.0 Å². The van der Waals surface area contributed by atoms with Crippen molar-refractivity contribution in [3.05, 3.63) is 12.4 Å². The summed E-state index contributed by atoms with van der Waals surface area (Å²) in [5.41, 5.74) is 3.37. The molecule has 1 saturated heterocycles. The number of fused-ring (bicyclic) bond motifs is 5. The Kier molecular flexibility index (Phi) is 10.2. The SMILES string of the molecule is CP1C2CCCCC2C2C3CCCCC3C([Si](C)(C)[N-]C(C)(C)C)C21.[CH3-].[Cl][Ti][Cl]. The van der Waals surface area contributed by atoms with Gasteiger partial charge in [-0.1, -0.05) is 79.7 Å². The summed E-state index contributed by atoms with van der Waals surface area (Å²) in [4.78, 5) is 5.58. The average molecular weight is 512 g/mol. The number of halogens is 2. The van der Waals surface area contributed by atoms with Crippen molar-refractivity contribution in [3.8, 4) is 0 Å². The maximum atomic E-state index is 5.58. The predicted octanol–water partition coefficient (Wildman–Crippen LogP) is 9.05. The van der Waals surface area contributed by atoms with Crippen LogP contribution in [0.4, 0.5) is 0 Å². The van der Waals surface area contributed by atoms with Gasteiger partial charge in [0.15, 0.2) is 0 Å². The van der Waals surface area contributed by atoms with Crippen LogP contribution in [0.15, 0.2) is 0 Å². The van der Waals surface area contributed by atoms with Crippen molar-refractivity contribution in [3.63, 3.8) is 0 Å². The first-order valence-electron chi connectivity index (χ1n) is 11.5. The first-order chi connectivity index (χ1) is 13.1. The fraction of sp³-hybridized carbons (Fsp3) is 0.957. The molecule has 3 aliphatic carbocycles. The third-order valence-corrected chi connectivity index (χ3v) is 15.5. The predicted molar refractivity (Wildman–Crippen MR) is 134 cm³/mol. The molecule has 0 radical (unpaired) electrons. The summed E-state index contributed by atoms with van der Waals surface area (Å²) in [7, 11) is 8.44. The Labute approximate surface area is 201 Å². The second kappa shape index (κ2) is 10.9. The van der Waals surface area contributed by atoms with E-state index in [9.17, 15) is 0 Å². The third kappa shape index (κ3) is 5.70. The molecule has 29 heavy (non-hydrogen) atoms. The van der Waals surface area contributed by atoms with E-state index in [2.05, 4.69) is 40.5 Å². The molecule has 0 N–H and O–H groups in total. The molecule has 0 aromatic heterocycles. The first kappa shape index (κ1) is 27.1. The van der Waals surface area contributed by atoms with Crippen molar-refractivity contribution in [2.45, 2.75) is 108 Å². The summed E-state index contributed by atoms with van der Waals surface area (Å²) < 4.78 is 0. The van der Waals surface area contributed by atoms with Crippen LogP contribution in [0.3, 0.4) is 0 Å². The van der Waals surface area contributed by atoms with Gasteiger partial charge in [0.1, 0.15) is 0 Å². The van der Waals surface area contributed by atoms with Crippen LogP contribution in [-0.4, -0.2) is 31.8 Å². The van der Waals surface area contributed by atoms with Gasteiger partial charge in [-0.25, -0.2) is 0 Å². The molecule has 8 atom stereocenters. The molecular formula is C23H44Cl2NPSiTi-2. The van der Waals surface area contributed by atoms with Gasteiger partial charge < -0.3 is 12.4 Å². The van der Waals surface area contributed by atoms with Crippen LogP contribution >= 0.6 is 26.5 Å². The number of hydrogen-bond acceptors (Lipinski definition) is 0. The second-order valence-electron chi connectivity index (χ2n) is 11.4. The molecular weight excluding hydrogens is 468 g/mol. The van der Waals surface area contributed by atoms with Crippen LogP contribution < -0.4 is 0 Å². The van der Waals surface area contributed by atoms with Gasteiger partial charge >= 0.3 is 35.6 Å². The summed E-state index contributed by atoms with van der Waals surface area (Å²) in [6, 6.07) is 0. The second-order valence-corrected chi connectivity index (χ2v) is 20.8. The molecule has 1 heterocycles. The third-order valence-electron chi connectivity index (χ3n) is 8.30. The zero-order chi connectivity index (χ0) is 20.7. The van der Waals surface area contributed by atoms with Crippen molar-refractivity contribution in [2.24, 2.45) is 23.7 Å². The van der Waals surface area contributed by atoms with E-state index in [1.165, 1.54) is 25.7 Å². The molecule has 0 amide bonds. The minimum atomic E-state index is -1.56. The number of nitrogens with zero attached hydrogens (tertiary/aromatic N) is 1. The summed E-state index contributed by atoms with van der Waals surface area (Å²) in [5, 5.41) is 0. The van der Waals surface area contributed by atoms with Crippen molar-refractivity contribution in [2.75, 3.05) is 6.66 Å². The van der Waals surface area contributed by atoms with E-state index in [4.69, 9.17) is 23.6 Å². The maximum absolute atomic E-state index is 5.58. The summed E-state index contributed by atoms with van der Waals surface area (Å²) >= 11 is -0.556. The van der Waals surface area contributed by atoms with Crippen LogP contribution in [0.5, 0.6) is 0 Å². The number of hydrogen-bond donors (Lipinski definition) is 0. The van der Waals surface area contributed by atoms with Crippen LogP contribution in [0.1, 0.15) is 72.1 Å². The number of rotatable bonds is 2. The zero-order valence-electron chi connectivity index (χ0n) is 19.8. The van der Waals surface area contributed by atoms with E-state index in [-0.39, 0.29) is 20.9 Å². The average Bonchev–Trinajstić information content (AvgIpc) is 3.08. The van der Waals surface area contributed by atoms with E-state index in [0.29, 0.717) is 0 Å². The molecule has 0 bridgehead atoms. The quantitative estimate of drug-likeness (QED) is 0.199. The van der Waals surface area contributed by atoms with E-state index in [1.54, 1.807) is 25.7 Å². The van der Waals surface area contributed by atoms with Crippen LogP contribution in [0.2, 0.25) is 18.6 Å². The Morgan fingerprint density at radius 2 is 1.38 bits per heavy atom. The molecule has 170 valence electrons. The zero-order valence-corrected chi connectivity index (χ0v) is 24.8. The van der Waals surface area contributed by atoms with Gasteiger partial charge in [0.2, 0.25) is 0 Å². The van der Waals surface area contributed by atoms with Gasteiger partial charge in [-0.15, -0.1) is 13.5 Å². The molecule has 8 unspecified atom stereocenters. The van der Waals surface area contributed by atoms with Crippen molar-refractivity contribution >= 4 is 34.8 Å². The minimum absolute atomic E-state index is 0. The Morgan fingerprint density at radius 1 is 0.897 bits per heavy atom. The molecule has 1 aliphatic heterocycles. The molecule has 3 saturated carbocycles. The van der Waals surface area contributed by atoms with Gasteiger partial charge in [0.25, 0.3) is 0 Å². The Balaban J connectivity index is 0.000000708. The summed E-state index contributed by atoms with van der Waals surface area (Å²) in [5.74, 6) is 4.36. The Bertz CT molecular complexity index is 529. The van der Waals surface area contributed by atoms with Crippen LogP contribution in [0, 0.1) is 31.1 Å². The fourth-order valence-electron chi connectivity index (χ4n) is 8.15. The molecule has 0 spiro atoms. The molecule has 4 rings (SSSR count). The monoisotopic (exact) mass is 511 g/mol. The summed E-state index contributed by atoms with van der Waals surface area (Å²) in [6.45, 7) is 15.0. The Morgan fingerprint density at radius 3 is 1.93 bits per heavy atom. The molecule has 4 fully saturated rings. The van der Waals surface area contributed by atoms with Gasteiger partial charge in [-0.2, -0.15) is 0 Å². The van der Waals surface area contributed by atoms with Crippen molar-refractivity contribution in [1.82, 2.24) is 0 Å². The Hall–Kier alpha value is 1.90. The molecule has 0 aromatic carbocycles. The van der Waals surface area contributed by atoms with E-state index in [1.807, 2.05) is 0 Å². The van der Waals surface area contributed by atoms with Crippen molar-refractivity contribution in [1.29, 1.82) is 0 Å². The molecule has 1 nitrogen and oxygen atoms in total.